The molecule has 2 rings (SSSR count). The van der Waals surface area contributed by atoms with Gasteiger partial charge in [-0.15, -0.1) is 0 Å². The third-order valence-electron chi connectivity index (χ3n) is 3.60. The predicted molar refractivity (Wildman–Crippen MR) is 77.4 cm³/mol. The maximum absolute atomic E-state index is 5.18. The van der Waals surface area contributed by atoms with Crippen LogP contribution < -0.4 is 10.1 Å². The Kier molecular flexibility index (Phi) is 5.61. The van der Waals surface area contributed by atoms with Crippen LogP contribution in [0.5, 0.6) is 5.88 Å². The molecule has 1 aliphatic heterocycles. The summed E-state index contributed by atoms with van der Waals surface area (Å²) in [5.74, 6) is 0.704. The van der Waals surface area contributed by atoms with Crippen LogP contribution in [0.3, 0.4) is 0 Å². The molecule has 0 aliphatic carbocycles. The molecule has 106 valence electrons. The normalized spacial score (nSPS) is 20.4. The second kappa shape index (κ2) is 7.46. The molecule has 1 saturated heterocycles. The summed E-state index contributed by atoms with van der Waals surface area (Å²) >= 11 is 0. The van der Waals surface area contributed by atoms with Crippen molar-refractivity contribution in [1.29, 1.82) is 0 Å². The number of rotatable bonds is 6. The number of methoxy groups -OCH3 is 1. The minimum Gasteiger partial charge on any atom is -0.481 e. The van der Waals surface area contributed by atoms with Gasteiger partial charge in [-0.1, -0.05) is 6.92 Å². The summed E-state index contributed by atoms with van der Waals surface area (Å²) in [4.78, 5) is 6.67. The van der Waals surface area contributed by atoms with Crippen LogP contribution in [-0.4, -0.2) is 42.7 Å². The molecule has 4 heteroatoms. The Hall–Kier alpha value is -1.13. The fourth-order valence-corrected chi connectivity index (χ4v) is 2.63. The molecule has 19 heavy (non-hydrogen) atoms. The fourth-order valence-electron chi connectivity index (χ4n) is 2.63. The van der Waals surface area contributed by atoms with Crippen molar-refractivity contribution in [2.24, 2.45) is 0 Å². The van der Waals surface area contributed by atoms with Crippen LogP contribution in [0.2, 0.25) is 0 Å². The lowest BCUT2D eigenvalue weighted by molar-refractivity contribution is 0.183. The standard InChI is InChI=1S/C15H25N3O/c1-3-7-16-14-5-4-9-18(12-14)11-13-6-8-17-15(10-13)19-2/h6,8,10,14,16H,3-5,7,9,11-12H2,1-2H3. The molecule has 1 atom stereocenters. The van der Waals surface area contributed by atoms with Crippen molar-refractivity contribution in [3.63, 3.8) is 0 Å². The number of pyridine rings is 1. The van der Waals surface area contributed by atoms with Crippen LogP contribution in [0.1, 0.15) is 31.7 Å². The molecule has 1 aromatic rings. The number of aromatic nitrogens is 1. The van der Waals surface area contributed by atoms with E-state index in [-0.39, 0.29) is 0 Å². The van der Waals surface area contributed by atoms with E-state index >= 15 is 0 Å². The van der Waals surface area contributed by atoms with Crippen molar-refractivity contribution < 1.29 is 4.74 Å². The molecule has 0 radical (unpaired) electrons. The van der Waals surface area contributed by atoms with Crippen LogP contribution in [-0.2, 0) is 6.54 Å². The first-order chi connectivity index (χ1) is 9.31. The van der Waals surface area contributed by atoms with Crippen LogP contribution in [0.15, 0.2) is 18.3 Å². The second-order valence-corrected chi connectivity index (χ2v) is 5.23. The van der Waals surface area contributed by atoms with Crippen molar-refractivity contribution in [2.45, 2.75) is 38.8 Å². The molecule has 0 spiro atoms. The van der Waals surface area contributed by atoms with Crippen molar-refractivity contribution >= 4 is 0 Å². The van der Waals surface area contributed by atoms with Crippen molar-refractivity contribution in [1.82, 2.24) is 15.2 Å². The van der Waals surface area contributed by atoms with E-state index in [9.17, 15) is 0 Å². The average Bonchev–Trinajstić information content (AvgIpc) is 2.46. The highest BCUT2D eigenvalue weighted by atomic mass is 16.5. The minimum absolute atomic E-state index is 0.650. The quantitative estimate of drug-likeness (QED) is 0.852. The molecular weight excluding hydrogens is 238 g/mol. The molecule has 1 unspecified atom stereocenters. The molecule has 1 aromatic heterocycles. The zero-order valence-corrected chi connectivity index (χ0v) is 12.1. The van der Waals surface area contributed by atoms with Gasteiger partial charge in [-0.3, -0.25) is 4.90 Å². The Morgan fingerprint density at radius 2 is 2.42 bits per heavy atom. The Bertz CT molecular complexity index is 383. The van der Waals surface area contributed by atoms with Gasteiger partial charge in [0.15, 0.2) is 0 Å². The third-order valence-corrected chi connectivity index (χ3v) is 3.60. The van der Waals surface area contributed by atoms with E-state index in [1.165, 1.54) is 31.4 Å². The lowest BCUT2D eigenvalue weighted by atomic mass is 10.0. The van der Waals surface area contributed by atoms with E-state index in [1.807, 2.05) is 12.3 Å². The summed E-state index contributed by atoms with van der Waals surface area (Å²) in [6, 6.07) is 4.76. The molecule has 0 aromatic carbocycles. The second-order valence-electron chi connectivity index (χ2n) is 5.23. The van der Waals surface area contributed by atoms with Gasteiger partial charge in [0.1, 0.15) is 0 Å². The van der Waals surface area contributed by atoms with Gasteiger partial charge in [0.05, 0.1) is 7.11 Å². The summed E-state index contributed by atoms with van der Waals surface area (Å²) < 4.78 is 5.18. The van der Waals surface area contributed by atoms with Gasteiger partial charge < -0.3 is 10.1 Å². The Balaban J connectivity index is 1.87. The monoisotopic (exact) mass is 263 g/mol. The number of nitrogens with one attached hydrogen (secondary N) is 1. The van der Waals surface area contributed by atoms with Crippen LogP contribution in [0.25, 0.3) is 0 Å². The molecule has 0 bridgehead atoms. The molecular formula is C15H25N3O. The number of piperidine rings is 1. The molecule has 1 fully saturated rings. The number of likely N-dealkylation sites (tertiary alicyclic amines) is 1. The van der Waals surface area contributed by atoms with Crippen molar-refractivity contribution in [3.05, 3.63) is 23.9 Å². The summed E-state index contributed by atoms with van der Waals surface area (Å²) in [6.45, 7) is 6.67. The van der Waals surface area contributed by atoms with Gasteiger partial charge in [0.2, 0.25) is 5.88 Å². The van der Waals surface area contributed by atoms with Crippen LogP contribution in [0.4, 0.5) is 0 Å². The maximum atomic E-state index is 5.18. The maximum Gasteiger partial charge on any atom is 0.213 e. The highest BCUT2D eigenvalue weighted by molar-refractivity contribution is 5.20. The van der Waals surface area contributed by atoms with Gasteiger partial charge in [-0.2, -0.15) is 0 Å². The topological polar surface area (TPSA) is 37.4 Å². The van der Waals surface area contributed by atoms with E-state index in [2.05, 4.69) is 28.2 Å². The van der Waals surface area contributed by atoms with E-state index in [0.29, 0.717) is 11.9 Å². The van der Waals surface area contributed by atoms with E-state index in [1.54, 1.807) is 7.11 Å². The van der Waals surface area contributed by atoms with Crippen LogP contribution in [0, 0.1) is 0 Å². The van der Waals surface area contributed by atoms with Gasteiger partial charge in [0.25, 0.3) is 0 Å². The third kappa shape index (κ3) is 4.48. The lowest BCUT2D eigenvalue weighted by Crippen LogP contribution is -2.45. The first kappa shape index (κ1) is 14.3. The summed E-state index contributed by atoms with van der Waals surface area (Å²) in [5, 5.41) is 3.63. The molecule has 1 N–H and O–H groups in total. The first-order valence-electron chi connectivity index (χ1n) is 7.26. The molecule has 4 nitrogen and oxygen atoms in total. The Morgan fingerprint density at radius 1 is 1.53 bits per heavy atom. The summed E-state index contributed by atoms with van der Waals surface area (Å²) in [7, 11) is 1.66. The number of nitrogens with zero attached hydrogens (tertiary/aromatic N) is 2. The molecule has 0 saturated carbocycles. The number of hydrogen-bond acceptors (Lipinski definition) is 4. The lowest BCUT2D eigenvalue weighted by Gasteiger charge is -2.33. The SMILES string of the molecule is CCCNC1CCCN(Cc2ccnc(OC)c2)C1. The zero-order valence-electron chi connectivity index (χ0n) is 12.1. The van der Waals surface area contributed by atoms with E-state index in [4.69, 9.17) is 4.74 Å². The molecule has 1 aliphatic rings. The highest BCUT2D eigenvalue weighted by Crippen LogP contribution is 2.15. The highest BCUT2D eigenvalue weighted by Gasteiger charge is 2.19. The predicted octanol–water partition coefficient (Wildman–Crippen LogP) is 2.05. The van der Waals surface area contributed by atoms with Gasteiger partial charge in [0, 0.05) is 31.4 Å². The smallest absolute Gasteiger partial charge is 0.213 e. The van der Waals surface area contributed by atoms with Gasteiger partial charge >= 0.3 is 0 Å². The molecule has 0 amide bonds. The Morgan fingerprint density at radius 3 is 3.21 bits per heavy atom. The molecule has 2 heterocycles. The Labute approximate surface area is 116 Å². The number of ether oxygens (including phenoxy) is 1. The van der Waals surface area contributed by atoms with Gasteiger partial charge in [-0.25, -0.2) is 4.98 Å². The van der Waals surface area contributed by atoms with Crippen molar-refractivity contribution in [2.75, 3.05) is 26.7 Å². The fraction of sp³-hybridized carbons (Fsp3) is 0.667. The first-order valence-corrected chi connectivity index (χ1v) is 7.26. The largest absolute Gasteiger partial charge is 0.481 e. The van der Waals surface area contributed by atoms with E-state index < -0.39 is 0 Å². The summed E-state index contributed by atoms with van der Waals surface area (Å²) in [6.07, 6.45) is 5.61. The summed E-state index contributed by atoms with van der Waals surface area (Å²) in [5.41, 5.74) is 1.28. The van der Waals surface area contributed by atoms with Crippen LogP contribution >= 0.6 is 0 Å². The van der Waals surface area contributed by atoms with Crippen molar-refractivity contribution in [3.8, 4) is 5.88 Å². The zero-order chi connectivity index (χ0) is 13.5. The van der Waals surface area contributed by atoms with E-state index in [0.717, 1.165) is 19.6 Å². The minimum atomic E-state index is 0.650. The number of hydrogen-bond donors (Lipinski definition) is 1. The average molecular weight is 263 g/mol. The van der Waals surface area contributed by atoms with Gasteiger partial charge in [-0.05, 0) is 44.0 Å².